The van der Waals surface area contributed by atoms with Crippen LogP contribution in [0.3, 0.4) is 0 Å². The van der Waals surface area contributed by atoms with Gasteiger partial charge in [-0.05, 0) is 5.92 Å². The number of carbonyl (C=O) groups excluding carboxylic acids is 2. The second kappa shape index (κ2) is 20.9. The van der Waals surface area contributed by atoms with E-state index in [1.807, 2.05) is 34.6 Å². The summed E-state index contributed by atoms with van der Waals surface area (Å²) in [6.45, 7) is 13.8. The van der Waals surface area contributed by atoms with Gasteiger partial charge in [-0.15, -0.1) is 0 Å². The fourth-order valence-electron chi connectivity index (χ4n) is 1.64. The van der Waals surface area contributed by atoms with Gasteiger partial charge in [0.25, 0.3) is 0 Å². The van der Waals surface area contributed by atoms with Crippen LogP contribution in [0, 0.1) is 5.92 Å². The van der Waals surface area contributed by atoms with Crippen LogP contribution >= 0.6 is 0 Å². The normalized spacial score (nSPS) is 10.2. The second-order valence-electron chi connectivity index (χ2n) is 5.49. The van der Waals surface area contributed by atoms with Gasteiger partial charge in [-0.1, -0.05) is 34.6 Å². The number of carbonyl (C=O) groups is 2. The molecule has 154 valence electrons. The average molecular weight is 367 g/mol. The lowest BCUT2D eigenvalue weighted by molar-refractivity contribution is -0.122. The SMILES string of the molecule is CC.CCC(=O)NCCOCCOCCOCCNC(=O)CC(C)C.[HH].[HH]. The summed E-state index contributed by atoms with van der Waals surface area (Å²) in [4.78, 5) is 22.3. The van der Waals surface area contributed by atoms with Crippen molar-refractivity contribution < 1.29 is 26.7 Å². The van der Waals surface area contributed by atoms with E-state index < -0.39 is 0 Å². The van der Waals surface area contributed by atoms with Crippen LogP contribution in [-0.2, 0) is 23.8 Å². The molecule has 0 bridgehead atoms. The molecule has 0 radical (unpaired) electrons. The van der Waals surface area contributed by atoms with E-state index in [1.54, 1.807) is 0 Å². The van der Waals surface area contributed by atoms with Gasteiger partial charge in [-0.2, -0.15) is 0 Å². The molecule has 0 fully saturated rings. The lowest BCUT2D eigenvalue weighted by Gasteiger charge is -2.09. The van der Waals surface area contributed by atoms with E-state index in [0.717, 1.165) is 0 Å². The fourth-order valence-corrected chi connectivity index (χ4v) is 1.64. The number of amides is 2. The first-order valence-electron chi connectivity index (χ1n) is 9.32. The molecule has 0 spiro atoms. The van der Waals surface area contributed by atoms with Crippen LogP contribution in [0.2, 0.25) is 0 Å². The van der Waals surface area contributed by atoms with Gasteiger partial charge in [0.05, 0.1) is 39.6 Å². The first-order chi connectivity index (χ1) is 12.1. The third-order valence-corrected chi connectivity index (χ3v) is 2.80. The zero-order chi connectivity index (χ0) is 19.3. The van der Waals surface area contributed by atoms with Gasteiger partial charge >= 0.3 is 0 Å². The Morgan fingerprint density at radius 2 is 1.20 bits per heavy atom. The van der Waals surface area contributed by atoms with E-state index in [0.29, 0.717) is 71.5 Å². The summed E-state index contributed by atoms with van der Waals surface area (Å²) in [5.74, 6) is 0.462. The maximum absolute atomic E-state index is 11.4. The monoisotopic (exact) mass is 366 g/mol. The summed E-state index contributed by atoms with van der Waals surface area (Å²) in [6, 6.07) is 0. The Bertz CT molecular complexity index is 322. The van der Waals surface area contributed by atoms with E-state index in [2.05, 4.69) is 10.6 Å². The summed E-state index contributed by atoms with van der Waals surface area (Å²) < 4.78 is 16.0. The summed E-state index contributed by atoms with van der Waals surface area (Å²) in [5, 5.41) is 5.53. The summed E-state index contributed by atoms with van der Waals surface area (Å²) in [5.41, 5.74) is 0. The Kier molecular flexibility index (Phi) is 21.7. The van der Waals surface area contributed by atoms with Gasteiger partial charge < -0.3 is 24.8 Å². The number of rotatable bonds is 15. The summed E-state index contributed by atoms with van der Waals surface area (Å²) in [6.07, 6.45) is 1.04. The molecular weight excluding hydrogens is 324 g/mol. The molecule has 0 saturated heterocycles. The molecule has 0 aliphatic rings. The van der Waals surface area contributed by atoms with E-state index >= 15 is 0 Å². The predicted octanol–water partition coefficient (Wildman–Crippen LogP) is 2.24. The van der Waals surface area contributed by atoms with Crippen molar-refractivity contribution in [3.63, 3.8) is 0 Å². The van der Waals surface area contributed by atoms with Gasteiger partial charge in [0.2, 0.25) is 11.8 Å². The zero-order valence-corrected chi connectivity index (χ0v) is 16.7. The number of ether oxygens (including phenoxy) is 3. The Balaban J connectivity index is -0.000000637. The fraction of sp³-hybridized carbons (Fsp3) is 0.889. The number of hydrogen-bond acceptors (Lipinski definition) is 5. The van der Waals surface area contributed by atoms with Crippen molar-refractivity contribution in [1.29, 1.82) is 0 Å². The quantitative estimate of drug-likeness (QED) is 0.434. The van der Waals surface area contributed by atoms with Gasteiger partial charge in [-0.3, -0.25) is 9.59 Å². The zero-order valence-electron chi connectivity index (χ0n) is 16.7. The first-order valence-corrected chi connectivity index (χ1v) is 9.32. The van der Waals surface area contributed by atoms with Crippen molar-refractivity contribution in [2.75, 3.05) is 52.7 Å². The van der Waals surface area contributed by atoms with Crippen molar-refractivity contribution in [2.45, 2.75) is 47.5 Å². The van der Waals surface area contributed by atoms with Gasteiger partial charge in [0.1, 0.15) is 0 Å². The third kappa shape index (κ3) is 22.8. The molecule has 2 amide bonds. The van der Waals surface area contributed by atoms with Crippen LogP contribution in [-0.4, -0.2) is 64.5 Å². The van der Waals surface area contributed by atoms with Gasteiger partial charge in [-0.25, -0.2) is 0 Å². The topological polar surface area (TPSA) is 85.9 Å². The largest absolute Gasteiger partial charge is 0.377 e. The summed E-state index contributed by atoms with van der Waals surface area (Å²) >= 11 is 0. The molecule has 0 rings (SSSR count). The minimum Gasteiger partial charge on any atom is -0.377 e. The molecular formula is C18H42N2O5. The van der Waals surface area contributed by atoms with E-state index in [1.165, 1.54) is 0 Å². The molecule has 0 saturated carbocycles. The third-order valence-electron chi connectivity index (χ3n) is 2.80. The molecule has 0 aromatic carbocycles. The summed E-state index contributed by atoms with van der Waals surface area (Å²) in [7, 11) is 0. The predicted molar refractivity (Wildman–Crippen MR) is 104 cm³/mol. The number of nitrogens with one attached hydrogen (secondary N) is 2. The van der Waals surface area contributed by atoms with Crippen LogP contribution in [0.5, 0.6) is 0 Å². The Morgan fingerprint density at radius 1 is 0.800 bits per heavy atom. The Hall–Kier alpha value is -1.18. The molecule has 7 heteroatoms. The molecule has 0 atom stereocenters. The molecule has 0 heterocycles. The molecule has 0 aliphatic heterocycles. The van der Waals surface area contributed by atoms with Crippen molar-refractivity contribution >= 4 is 11.8 Å². The van der Waals surface area contributed by atoms with E-state index in [9.17, 15) is 9.59 Å². The van der Waals surface area contributed by atoms with E-state index in [-0.39, 0.29) is 14.7 Å². The molecule has 2 N–H and O–H groups in total. The maximum atomic E-state index is 11.4. The molecule has 0 aromatic rings. The molecule has 0 aromatic heterocycles. The van der Waals surface area contributed by atoms with Crippen LogP contribution < -0.4 is 10.6 Å². The van der Waals surface area contributed by atoms with Crippen molar-refractivity contribution in [2.24, 2.45) is 5.92 Å². The molecule has 0 aliphatic carbocycles. The standard InChI is InChI=1S/C16H32N2O5.C2H6.2H2/c1-4-15(19)17-5-7-21-9-11-23-12-10-22-8-6-18-16(20)13-14(2)3;1-2;;/h14H,4-13H2,1-3H3,(H,17,19)(H,18,20);1-2H3;2*1H. The first kappa shape index (κ1) is 26.1. The van der Waals surface area contributed by atoms with Crippen LogP contribution in [0.15, 0.2) is 0 Å². The highest BCUT2D eigenvalue weighted by atomic mass is 16.5. The smallest absolute Gasteiger partial charge is 0.220 e. The average Bonchev–Trinajstić information content (AvgIpc) is 2.59. The van der Waals surface area contributed by atoms with Gasteiger partial charge in [0.15, 0.2) is 0 Å². The van der Waals surface area contributed by atoms with E-state index in [4.69, 9.17) is 14.2 Å². The second-order valence-corrected chi connectivity index (χ2v) is 5.49. The highest BCUT2D eigenvalue weighted by Gasteiger charge is 2.03. The number of hydrogen-bond donors (Lipinski definition) is 2. The lowest BCUT2D eigenvalue weighted by Crippen LogP contribution is -2.28. The van der Waals surface area contributed by atoms with Crippen molar-refractivity contribution in [3.05, 3.63) is 0 Å². The van der Waals surface area contributed by atoms with Crippen LogP contribution in [0.4, 0.5) is 0 Å². The van der Waals surface area contributed by atoms with Gasteiger partial charge in [0, 0.05) is 28.8 Å². The lowest BCUT2D eigenvalue weighted by atomic mass is 10.1. The molecule has 7 nitrogen and oxygen atoms in total. The maximum Gasteiger partial charge on any atom is 0.220 e. The highest BCUT2D eigenvalue weighted by molar-refractivity contribution is 5.76. The Labute approximate surface area is 156 Å². The van der Waals surface area contributed by atoms with Crippen LogP contribution in [0.1, 0.15) is 50.3 Å². The minimum atomic E-state index is 0. The Morgan fingerprint density at radius 3 is 1.60 bits per heavy atom. The van der Waals surface area contributed by atoms with Crippen LogP contribution in [0.25, 0.3) is 0 Å². The van der Waals surface area contributed by atoms with Crippen molar-refractivity contribution in [3.8, 4) is 0 Å². The molecule has 25 heavy (non-hydrogen) atoms. The molecule has 0 unspecified atom stereocenters. The minimum absolute atomic E-state index is 0. The van der Waals surface area contributed by atoms with Crippen molar-refractivity contribution in [1.82, 2.24) is 10.6 Å². The highest BCUT2D eigenvalue weighted by Crippen LogP contribution is 1.97.